The molecule has 0 amide bonds. The van der Waals surface area contributed by atoms with E-state index in [1.165, 1.54) is 25.9 Å². The molecule has 0 aromatic heterocycles. The van der Waals surface area contributed by atoms with Crippen LogP contribution >= 0.6 is 0 Å². The van der Waals surface area contributed by atoms with Crippen LogP contribution in [0.1, 0.15) is 26.2 Å². The molecular weight excluding hydrogens is 160 g/mol. The minimum Gasteiger partial charge on any atom is -0.317 e. The summed E-state index contributed by atoms with van der Waals surface area (Å²) < 4.78 is 0. The van der Waals surface area contributed by atoms with Crippen LogP contribution < -0.4 is 10.6 Å². The van der Waals surface area contributed by atoms with Crippen LogP contribution in [0.4, 0.5) is 0 Å². The molecule has 74 valence electrons. The Bertz CT molecular complexity index is 165. The molecule has 0 bridgehead atoms. The molecule has 1 rings (SSSR count). The summed E-state index contributed by atoms with van der Waals surface area (Å²) in [6.07, 6.45) is 8.97. The first kappa shape index (κ1) is 10.6. The van der Waals surface area contributed by atoms with E-state index in [1.807, 2.05) is 0 Å². The summed E-state index contributed by atoms with van der Waals surface area (Å²) in [7, 11) is 0. The highest BCUT2D eigenvalue weighted by molar-refractivity contribution is 4.98. The van der Waals surface area contributed by atoms with E-state index in [0.29, 0.717) is 0 Å². The number of hydrogen-bond acceptors (Lipinski definition) is 2. The molecule has 1 atom stereocenters. The van der Waals surface area contributed by atoms with Crippen molar-refractivity contribution in [3.63, 3.8) is 0 Å². The minimum absolute atomic E-state index is 0.273. The van der Waals surface area contributed by atoms with Gasteiger partial charge in [-0.3, -0.25) is 0 Å². The lowest BCUT2D eigenvalue weighted by atomic mass is 9.98. The second-order valence-electron chi connectivity index (χ2n) is 3.73. The van der Waals surface area contributed by atoms with Crippen molar-refractivity contribution in [1.29, 1.82) is 0 Å². The Morgan fingerprint density at radius 1 is 1.54 bits per heavy atom. The van der Waals surface area contributed by atoms with Gasteiger partial charge < -0.3 is 10.6 Å². The molecule has 2 nitrogen and oxygen atoms in total. The third kappa shape index (κ3) is 3.80. The standard InChI is InChI=1S/C11H20N2/c1-3-11(4-2)13-9-10-5-7-12-8-6-10/h1,10-13H,4-9H2,2H3. The fourth-order valence-electron chi connectivity index (χ4n) is 1.72. The lowest BCUT2D eigenvalue weighted by Crippen LogP contribution is -2.37. The minimum atomic E-state index is 0.273. The fourth-order valence-corrected chi connectivity index (χ4v) is 1.72. The Morgan fingerprint density at radius 2 is 2.23 bits per heavy atom. The normalized spacial score (nSPS) is 20.9. The largest absolute Gasteiger partial charge is 0.317 e. The molecule has 2 heteroatoms. The van der Waals surface area contributed by atoms with E-state index in [4.69, 9.17) is 6.42 Å². The average Bonchev–Trinajstić information content (AvgIpc) is 2.21. The highest BCUT2D eigenvalue weighted by atomic mass is 14.9. The highest BCUT2D eigenvalue weighted by Gasteiger charge is 2.13. The number of piperidine rings is 1. The van der Waals surface area contributed by atoms with Gasteiger partial charge in [0.05, 0.1) is 6.04 Å². The quantitative estimate of drug-likeness (QED) is 0.630. The van der Waals surface area contributed by atoms with Gasteiger partial charge in [-0.15, -0.1) is 6.42 Å². The molecule has 1 heterocycles. The molecule has 0 radical (unpaired) electrons. The molecule has 1 saturated heterocycles. The third-order valence-electron chi connectivity index (χ3n) is 2.72. The molecule has 1 fully saturated rings. The lowest BCUT2D eigenvalue weighted by Gasteiger charge is -2.24. The van der Waals surface area contributed by atoms with Crippen LogP contribution in [0, 0.1) is 18.3 Å². The highest BCUT2D eigenvalue weighted by Crippen LogP contribution is 2.10. The van der Waals surface area contributed by atoms with Gasteiger partial charge in [-0.25, -0.2) is 0 Å². The summed E-state index contributed by atoms with van der Waals surface area (Å²) in [6.45, 7) is 5.54. The summed E-state index contributed by atoms with van der Waals surface area (Å²) in [5.74, 6) is 3.59. The van der Waals surface area contributed by atoms with E-state index in [-0.39, 0.29) is 6.04 Å². The summed E-state index contributed by atoms with van der Waals surface area (Å²) >= 11 is 0. The summed E-state index contributed by atoms with van der Waals surface area (Å²) in [5, 5.41) is 6.79. The second-order valence-corrected chi connectivity index (χ2v) is 3.73. The van der Waals surface area contributed by atoms with E-state index in [2.05, 4.69) is 23.5 Å². The molecular formula is C11H20N2. The Morgan fingerprint density at radius 3 is 2.77 bits per heavy atom. The molecule has 1 unspecified atom stereocenters. The van der Waals surface area contributed by atoms with Crippen LogP contribution in [0.15, 0.2) is 0 Å². The van der Waals surface area contributed by atoms with E-state index < -0.39 is 0 Å². The maximum Gasteiger partial charge on any atom is 0.0684 e. The van der Waals surface area contributed by atoms with Crippen molar-refractivity contribution < 1.29 is 0 Å². The van der Waals surface area contributed by atoms with Crippen molar-refractivity contribution in [3.8, 4) is 12.3 Å². The fraction of sp³-hybridized carbons (Fsp3) is 0.818. The van der Waals surface area contributed by atoms with E-state index in [9.17, 15) is 0 Å². The molecule has 0 aromatic carbocycles. The molecule has 0 aromatic rings. The maximum absolute atomic E-state index is 5.37. The van der Waals surface area contributed by atoms with Crippen LogP contribution in [-0.4, -0.2) is 25.7 Å². The predicted octanol–water partition coefficient (Wildman–Crippen LogP) is 0.987. The summed E-state index contributed by atoms with van der Waals surface area (Å²) in [5.41, 5.74) is 0. The van der Waals surface area contributed by atoms with Crippen molar-refractivity contribution in [2.45, 2.75) is 32.2 Å². The van der Waals surface area contributed by atoms with Crippen molar-refractivity contribution in [2.24, 2.45) is 5.92 Å². The summed E-state index contributed by atoms with van der Waals surface area (Å²) in [6, 6.07) is 0.273. The van der Waals surface area contributed by atoms with Gasteiger partial charge in [0.25, 0.3) is 0 Å². The Hall–Kier alpha value is -0.520. The van der Waals surface area contributed by atoms with Gasteiger partial charge in [-0.2, -0.15) is 0 Å². The first-order valence-electron chi connectivity index (χ1n) is 5.27. The molecule has 0 aliphatic carbocycles. The molecule has 1 aliphatic heterocycles. The number of terminal acetylenes is 1. The monoisotopic (exact) mass is 180 g/mol. The number of hydrogen-bond donors (Lipinski definition) is 2. The van der Waals surface area contributed by atoms with Gasteiger partial charge in [0.15, 0.2) is 0 Å². The third-order valence-corrected chi connectivity index (χ3v) is 2.72. The van der Waals surface area contributed by atoms with E-state index >= 15 is 0 Å². The zero-order valence-corrected chi connectivity index (χ0v) is 8.47. The van der Waals surface area contributed by atoms with Crippen molar-refractivity contribution in [3.05, 3.63) is 0 Å². The van der Waals surface area contributed by atoms with Crippen molar-refractivity contribution in [1.82, 2.24) is 10.6 Å². The van der Waals surface area contributed by atoms with Crippen LogP contribution in [-0.2, 0) is 0 Å². The Labute approximate surface area is 81.5 Å². The van der Waals surface area contributed by atoms with Crippen molar-refractivity contribution >= 4 is 0 Å². The Balaban J connectivity index is 2.13. The van der Waals surface area contributed by atoms with Gasteiger partial charge in [0.1, 0.15) is 0 Å². The smallest absolute Gasteiger partial charge is 0.0684 e. The van der Waals surface area contributed by atoms with Gasteiger partial charge >= 0.3 is 0 Å². The topological polar surface area (TPSA) is 24.1 Å². The zero-order valence-electron chi connectivity index (χ0n) is 8.47. The molecule has 1 aliphatic rings. The van der Waals surface area contributed by atoms with Crippen LogP contribution in [0.5, 0.6) is 0 Å². The first-order chi connectivity index (χ1) is 6.36. The number of rotatable bonds is 4. The zero-order chi connectivity index (χ0) is 9.52. The second kappa shape index (κ2) is 6.01. The van der Waals surface area contributed by atoms with Gasteiger partial charge in [0.2, 0.25) is 0 Å². The Kier molecular flexibility index (Phi) is 4.88. The summed E-state index contributed by atoms with van der Waals surface area (Å²) in [4.78, 5) is 0. The first-order valence-corrected chi connectivity index (χ1v) is 5.27. The SMILES string of the molecule is C#CC(CC)NCC1CCNCC1. The molecule has 2 N–H and O–H groups in total. The van der Waals surface area contributed by atoms with Crippen LogP contribution in [0.2, 0.25) is 0 Å². The molecule has 0 spiro atoms. The van der Waals surface area contributed by atoms with Crippen LogP contribution in [0.3, 0.4) is 0 Å². The maximum atomic E-state index is 5.37. The van der Waals surface area contributed by atoms with E-state index in [1.54, 1.807) is 0 Å². The van der Waals surface area contributed by atoms with E-state index in [0.717, 1.165) is 18.9 Å². The predicted molar refractivity (Wildman–Crippen MR) is 56.5 cm³/mol. The van der Waals surface area contributed by atoms with Crippen molar-refractivity contribution in [2.75, 3.05) is 19.6 Å². The number of nitrogens with one attached hydrogen (secondary N) is 2. The van der Waals surface area contributed by atoms with Crippen LogP contribution in [0.25, 0.3) is 0 Å². The lowest BCUT2D eigenvalue weighted by molar-refractivity contribution is 0.349. The molecule has 13 heavy (non-hydrogen) atoms. The van der Waals surface area contributed by atoms with Gasteiger partial charge in [-0.1, -0.05) is 12.8 Å². The molecule has 0 saturated carbocycles. The average molecular weight is 180 g/mol. The van der Waals surface area contributed by atoms with Gasteiger partial charge in [0, 0.05) is 0 Å². The van der Waals surface area contributed by atoms with Gasteiger partial charge in [-0.05, 0) is 44.8 Å².